The highest BCUT2D eigenvalue weighted by atomic mass is 16.5. The van der Waals surface area contributed by atoms with Crippen molar-refractivity contribution in [3.63, 3.8) is 0 Å². The van der Waals surface area contributed by atoms with E-state index in [1.807, 2.05) is 60.7 Å². The van der Waals surface area contributed by atoms with Gasteiger partial charge in [0.25, 0.3) is 0 Å². The fourth-order valence-electron chi connectivity index (χ4n) is 9.09. The quantitative estimate of drug-likeness (QED) is 0.229. The van der Waals surface area contributed by atoms with Crippen LogP contribution in [0.25, 0.3) is 21.5 Å². The first-order valence-corrected chi connectivity index (χ1v) is 15.3. The molecular weight excluding hydrogens is 568 g/mol. The van der Waals surface area contributed by atoms with Gasteiger partial charge in [-0.3, -0.25) is 19.2 Å². The molecule has 45 heavy (non-hydrogen) atoms. The predicted octanol–water partition coefficient (Wildman–Crippen LogP) is 5.43. The average molecular weight is 599 g/mol. The summed E-state index contributed by atoms with van der Waals surface area (Å²) in [6.07, 6.45) is 0. The van der Waals surface area contributed by atoms with Gasteiger partial charge in [-0.1, -0.05) is 85.3 Å². The Kier molecular flexibility index (Phi) is 5.76. The number of carbonyl (C=O) groups excluding carboxylic acids is 5. The highest BCUT2D eigenvalue weighted by molar-refractivity contribution is 6.30. The number of ether oxygens (including phenoxy) is 1. The molecule has 0 spiro atoms. The number of rotatable bonds is 4. The van der Waals surface area contributed by atoms with Crippen molar-refractivity contribution in [2.45, 2.75) is 20.8 Å². The summed E-state index contributed by atoms with van der Waals surface area (Å²) in [6, 6.07) is 25.9. The molecule has 224 valence electrons. The molecule has 2 unspecified atom stereocenters. The van der Waals surface area contributed by atoms with Gasteiger partial charge in [0.1, 0.15) is 0 Å². The molecule has 8 nitrogen and oxygen atoms in total. The second-order valence-corrected chi connectivity index (χ2v) is 12.6. The molecule has 3 aliphatic carbocycles. The van der Waals surface area contributed by atoms with E-state index < -0.39 is 64.6 Å². The van der Waals surface area contributed by atoms with Gasteiger partial charge in [-0.25, -0.2) is 14.6 Å². The molecule has 4 aromatic rings. The summed E-state index contributed by atoms with van der Waals surface area (Å²) in [5.41, 5.74) is 0.226. The van der Waals surface area contributed by atoms with E-state index in [0.29, 0.717) is 16.9 Å². The molecule has 4 aromatic carbocycles. The Morgan fingerprint density at radius 3 is 1.58 bits per heavy atom. The Morgan fingerprint density at radius 1 is 0.667 bits per heavy atom. The van der Waals surface area contributed by atoms with Crippen molar-refractivity contribution in [3.8, 4) is 0 Å². The van der Waals surface area contributed by atoms with Gasteiger partial charge >= 0.3 is 5.97 Å². The third kappa shape index (κ3) is 3.34. The first-order chi connectivity index (χ1) is 21.7. The van der Waals surface area contributed by atoms with E-state index in [1.54, 1.807) is 45.0 Å². The van der Waals surface area contributed by atoms with Gasteiger partial charge in [0.05, 0.1) is 41.7 Å². The maximum Gasteiger partial charge on any atom is 0.334 e. The zero-order valence-corrected chi connectivity index (χ0v) is 25.0. The number of allylic oxidation sites excluding steroid dienone is 1. The number of esters is 1. The van der Waals surface area contributed by atoms with Crippen molar-refractivity contribution in [3.05, 3.63) is 96.1 Å². The van der Waals surface area contributed by atoms with Crippen LogP contribution in [-0.2, 0) is 28.7 Å². The normalized spacial score (nSPS) is 28.8. The van der Waals surface area contributed by atoms with Crippen LogP contribution in [0.15, 0.2) is 96.1 Å². The van der Waals surface area contributed by atoms with Gasteiger partial charge in [0.2, 0.25) is 23.6 Å². The highest BCUT2D eigenvalue weighted by Gasteiger charge is 2.77. The topological polar surface area (TPSA) is 101 Å². The lowest BCUT2D eigenvalue weighted by atomic mass is 9.43. The molecule has 4 amide bonds. The van der Waals surface area contributed by atoms with Crippen molar-refractivity contribution in [1.29, 1.82) is 0 Å². The maximum atomic E-state index is 14.6. The van der Waals surface area contributed by atoms with E-state index in [9.17, 15) is 24.0 Å². The fraction of sp³-hybridized carbons (Fsp3) is 0.270. The maximum absolute atomic E-state index is 14.6. The van der Waals surface area contributed by atoms with Gasteiger partial charge in [-0.2, -0.15) is 0 Å². The van der Waals surface area contributed by atoms with Crippen LogP contribution in [0.2, 0.25) is 0 Å². The number of carbonyl (C=O) groups is 5. The first-order valence-electron chi connectivity index (χ1n) is 15.3. The van der Waals surface area contributed by atoms with Crippen molar-refractivity contribution in [2.75, 3.05) is 16.4 Å². The molecule has 2 heterocycles. The summed E-state index contributed by atoms with van der Waals surface area (Å²) in [6.45, 7) is 5.26. The third-order valence-corrected chi connectivity index (χ3v) is 10.7. The second-order valence-electron chi connectivity index (χ2n) is 12.6. The van der Waals surface area contributed by atoms with Gasteiger partial charge < -0.3 is 4.74 Å². The number of nitrogens with zero attached hydrogens (tertiary/aromatic N) is 2. The van der Waals surface area contributed by atoms with Crippen LogP contribution in [0, 0.1) is 35.0 Å². The van der Waals surface area contributed by atoms with Crippen LogP contribution >= 0.6 is 0 Å². The molecule has 6 atom stereocenters. The number of benzene rings is 4. The molecule has 0 aromatic heterocycles. The summed E-state index contributed by atoms with van der Waals surface area (Å²) in [4.78, 5) is 74.5. The standard InChI is InChI=1S/C37H30N2O6/c1-4-45-36(44)29-19(2)26-27-30(34(42)38(32(27)40)24-17-9-13-20-11-5-7-15-22(20)24)37(29,3)31-28(26)33(41)39(35(31)43)25-18-10-14-21-12-6-8-16-23(21)25/h5-18,26-28,30-31H,4H2,1-3H3/t26?,27-,28+,30-,31-,37?/m0/s1. The van der Waals surface area contributed by atoms with Crippen molar-refractivity contribution >= 4 is 62.5 Å². The van der Waals surface area contributed by atoms with Crippen LogP contribution in [0.1, 0.15) is 20.8 Å². The number of imide groups is 2. The number of amides is 4. The molecule has 2 bridgehead atoms. The Morgan fingerprint density at radius 2 is 1.11 bits per heavy atom. The molecule has 8 heteroatoms. The summed E-state index contributed by atoms with van der Waals surface area (Å²) in [7, 11) is 0. The SMILES string of the molecule is CCOC(=O)C1=C(C)C2[C@H]3C(=O)N(c4cccc5ccccc45)C(=O)[C@H]3C1(C)[C@@H]1C(=O)N(c3cccc4ccccc34)C(=O)[C@@H]21. The summed E-state index contributed by atoms with van der Waals surface area (Å²) in [5.74, 6) is -7.08. The van der Waals surface area contributed by atoms with E-state index in [4.69, 9.17) is 4.74 Å². The molecule has 0 N–H and O–H groups in total. The van der Waals surface area contributed by atoms with Gasteiger partial charge in [-0.05, 0) is 36.8 Å². The van der Waals surface area contributed by atoms with Gasteiger partial charge in [0, 0.05) is 27.7 Å². The zero-order valence-electron chi connectivity index (χ0n) is 25.0. The Hall–Kier alpha value is -5.11. The number of anilines is 2. The van der Waals surface area contributed by atoms with Crippen molar-refractivity contribution in [1.82, 2.24) is 0 Å². The Labute approximate surface area is 259 Å². The highest BCUT2D eigenvalue weighted by Crippen LogP contribution is 2.69. The molecule has 5 aliphatic rings. The summed E-state index contributed by atoms with van der Waals surface area (Å²) in [5, 5.41) is 3.22. The molecular formula is C37H30N2O6. The Bertz CT molecular complexity index is 1930. The lowest BCUT2D eigenvalue weighted by Gasteiger charge is -2.55. The summed E-state index contributed by atoms with van der Waals surface area (Å²) >= 11 is 0. The van der Waals surface area contributed by atoms with E-state index in [-0.39, 0.29) is 12.2 Å². The number of fused-ring (bicyclic) bond motifs is 2. The van der Waals surface area contributed by atoms with Gasteiger partial charge in [-0.15, -0.1) is 0 Å². The minimum atomic E-state index is -1.46. The van der Waals surface area contributed by atoms with Crippen LogP contribution in [0.5, 0.6) is 0 Å². The lowest BCUT2D eigenvalue weighted by molar-refractivity contribution is -0.155. The van der Waals surface area contributed by atoms with Crippen LogP contribution < -0.4 is 9.80 Å². The molecule has 1 saturated carbocycles. The second kappa shape index (κ2) is 9.44. The minimum absolute atomic E-state index is 0.0998. The van der Waals surface area contributed by atoms with Crippen LogP contribution in [-0.4, -0.2) is 36.2 Å². The molecule has 0 radical (unpaired) electrons. The monoisotopic (exact) mass is 598 g/mol. The number of hydrogen-bond acceptors (Lipinski definition) is 6. The van der Waals surface area contributed by atoms with E-state index in [0.717, 1.165) is 21.5 Å². The van der Waals surface area contributed by atoms with Crippen molar-refractivity contribution in [2.24, 2.45) is 35.0 Å². The van der Waals surface area contributed by atoms with Crippen molar-refractivity contribution < 1.29 is 28.7 Å². The molecule has 9 rings (SSSR count). The molecule has 2 saturated heterocycles. The molecule has 3 fully saturated rings. The predicted molar refractivity (Wildman–Crippen MR) is 168 cm³/mol. The first kappa shape index (κ1) is 27.4. The third-order valence-electron chi connectivity index (χ3n) is 10.7. The minimum Gasteiger partial charge on any atom is -0.463 e. The van der Waals surface area contributed by atoms with Crippen LogP contribution in [0.3, 0.4) is 0 Å². The zero-order chi connectivity index (χ0) is 31.4. The van der Waals surface area contributed by atoms with Gasteiger partial charge in [0.15, 0.2) is 0 Å². The summed E-state index contributed by atoms with van der Waals surface area (Å²) < 4.78 is 5.51. The van der Waals surface area contributed by atoms with E-state index in [1.165, 1.54) is 9.80 Å². The van der Waals surface area contributed by atoms with E-state index >= 15 is 0 Å². The largest absolute Gasteiger partial charge is 0.463 e. The van der Waals surface area contributed by atoms with E-state index in [2.05, 4.69) is 0 Å². The number of hydrogen-bond donors (Lipinski definition) is 0. The smallest absolute Gasteiger partial charge is 0.334 e. The fourth-order valence-corrected chi connectivity index (χ4v) is 9.09. The Balaban J connectivity index is 1.33. The molecule has 2 aliphatic heterocycles. The average Bonchev–Trinajstić information content (AvgIpc) is 3.46. The lowest BCUT2D eigenvalue weighted by Crippen LogP contribution is -2.61. The van der Waals surface area contributed by atoms with Crippen LogP contribution in [0.4, 0.5) is 11.4 Å².